The maximum absolute atomic E-state index is 12.8. The van der Waals surface area contributed by atoms with Crippen LogP contribution in [0.3, 0.4) is 0 Å². The van der Waals surface area contributed by atoms with Gasteiger partial charge in [-0.3, -0.25) is 14.6 Å². The molecule has 1 saturated heterocycles. The highest BCUT2D eigenvalue weighted by Crippen LogP contribution is 2.27. The molecule has 0 spiro atoms. The fraction of sp³-hybridized carbons (Fsp3) is 0.263. The van der Waals surface area contributed by atoms with Gasteiger partial charge in [0.05, 0.1) is 5.39 Å². The molecule has 1 aromatic carbocycles. The third-order valence-electron chi connectivity index (χ3n) is 4.95. The molecule has 3 heterocycles. The van der Waals surface area contributed by atoms with Crippen molar-refractivity contribution in [3.63, 3.8) is 0 Å². The summed E-state index contributed by atoms with van der Waals surface area (Å²) in [5.74, 6) is 0.0989. The number of anilines is 1. The minimum Gasteiger partial charge on any atom is -0.369 e. The van der Waals surface area contributed by atoms with Gasteiger partial charge >= 0.3 is 0 Å². The lowest BCUT2D eigenvalue weighted by atomic mass is 9.96. The average Bonchev–Trinajstić information content (AvgIpc) is 2.68. The van der Waals surface area contributed by atoms with Crippen molar-refractivity contribution in [2.45, 2.75) is 12.8 Å². The van der Waals surface area contributed by atoms with Crippen LogP contribution in [-0.4, -0.2) is 33.9 Å². The van der Waals surface area contributed by atoms with Crippen LogP contribution in [0, 0.1) is 5.92 Å². The van der Waals surface area contributed by atoms with Crippen molar-refractivity contribution in [3.8, 4) is 11.1 Å². The number of nitrogens with zero attached hydrogens (tertiary/aromatic N) is 3. The van der Waals surface area contributed by atoms with Crippen molar-refractivity contribution in [1.82, 2.24) is 15.0 Å². The van der Waals surface area contributed by atoms with E-state index in [4.69, 9.17) is 5.73 Å². The summed E-state index contributed by atoms with van der Waals surface area (Å²) in [5, 5.41) is 0.468. The number of primary amides is 1. The van der Waals surface area contributed by atoms with Gasteiger partial charge in [0, 0.05) is 29.7 Å². The summed E-state index contributed by atoms with van der Waals surface area (Å²) in [6.07, 6.45) is 2.97. The standard InChI is InChI=1S/C19H18BrN5O2/c20-13-3-1-11(2-4-13)14-5-8-22-17-15(14)18(27)24-19(23-17)25-9-6-12(7-10-25)16(21)26/h1-5,8,12H,6-7,9-10H2,(H2,21,26)(H,22,23,24,27). The van der Waals surface area contributed by atoms with Gasteiger partial charge in [0.25, 0.3) is 5.56 Å². The minimum absolute atomic E-state index is 0.115. The van der Waals surface area contributed by atoms with Gasteiger partial charge < -0.3 is 10.6 Å². The normalized spacial score (nSPS) is 15.2. The Bertz CT molecular complexity index is 1060. The number of nitrogens with one attached hydrogen (secondary N) is 1. The highest BCUT2D eigenvalue weighted by molar-refractivity contribution is 9.10. The molecule has 0 atom stereocenters. The zero-order chi connectivity index (χ0) is 19.0. The van der Waals surface area contributed by atoms with E-state index in [2.05, 4.69) is 30.9 Å². The van der Waals surface area contributed by atoms with E-state index in [1.165, 1.54) is 0 Å². The van der Waals surface area contributed by atoms with Gasteiger partial charge in [-0.2, -0.15) is 4.98 Å². The fourth-order valence-corrected chi connectivity index (χ4v) is 3.71. The van der Waals surface area contributed by atoms with Gasteiger partial charge in [-0.1, -0.05) is 28.1 Å². The van der Waals surface area contributed by atoms with Gasteiger partial charge in [-0.15, -0.1) is 0 Å². The summed E-state index contributed by atoms with van der Waals surface area (Å²) in [6, 6.07) is 9.57. The number of amides is 1. The quantitative estimate of drug-likeness (QED) is 0.667. The molecule has 0 aliphatic carbocycles. The molecule has 1 fully saturated rings. The van der Waals surface area contributed by atoms with Crippen LogP contribution < -0.4 is 16.2 Å². The first-order valence-corrected chi connectivity index (χ1v) is 9.51. The number of rotatable bonds is 3. The molecule has 1 aliphatic rings. The van der Waals surface area contributed by atoms with E-state index in [0.29, 0.717) is 42.9 Å². The molecule has 1 aliphatic heterocycles. The number of piperidine rings is 1. The number of benzene rings is 1. The summed E-state index contributed by atoms with van der Waals surface area (Å²) in [7, 11) is 0. The highest BCUT2D eigenvalue weighted by Gasteiger charge is 2.25. The van der Waals surface area contributed by atoms with Crippen LogP contribution >= 0.6 is 15.9 Å². The van der Waals surface area contributed by atoms with Crippen molar-refractivity contribution in [3.05, 3.63) is 51.4 Å². The number of fused-ring (bicyclic) bond motifs is 1. The smallest absolute Gasteiger partial charge is 0.262 e. The largest absolute Gasteiger partial charge is 0.369 e. The second kappa shape index (κ2) is 7.11. The number of H-pyrrole nitrogens is 1. The Morgan fingerprint density at radius 3 is 2.56 bits per heavy atom. The maximum atomic E-state index is 12.8. The molecular weight excluding hydrogens is 410 g/mol. The van der Waals surface area contributed by atoms with Crippen molar-refractivity contribution < 1.29 is 4.79 Å². The van der Waals surface area contributed by atoms with Crippen molar-refractivity contribution >= 4 is 38.8 Å². The molecule has 0 unspecified atom stereocenters. The van der Waals surface area contributed by atoms with Crippen molar-refractivity contribution in [2.24, 2.45) is 11.7 Å². The Labute approximate surface area is 163 Å². The highest BCUT2D eigenvalue weighted by atomic mass is 79.9. The molecule has 27 heavy (non-hydrogen) atoms. The van der Waals surface area contributed by atoms with Gasteiger partial charge in [0.1, 0.15) is 0 Å². The molecule has 3 N–H and O–H groups in total. The van der Waals surface area contributed by atoms with Crippen LogP contribution in [0.5, 0.6) is 0 Å². The van der Waals surface area contributed by atoms with E-state index in [-0.39, 0.29) is 17.4 Å². The first kappa shape index (κ1) is 17.7. The lowest BCUT2D eigenvalue weighted by molar-refractivity contribution is -0.122. The van der Waals surface area contributed by atoms with E-state index in [0.717, 1.165) is 15.6 Å². The SMILES string of the molecule is NC(=O)C1CCN(c2nc3nccc(-c4ccc(Br)cc4)c3c(=O)[nH]2)CC1. The lowest BCUT2D eigenvalue weighted by Gasteiger charge is -2.30. The monoisotopic (exact) mass is 427 g/mol. The molecule has 2 aromatic heterocycles. The van der Waals surface area contributed by atoms with Crippen LogP contribution in [0.4, 0.5) is 5.95 Å². The molecule has 0 saturated carbocycles. The summed E-state index contributed by atoms with van der Waals surface area (Å²) in [5.41, 5.74) is 7.29. The molecule has 8 heteroatoms. The number of hydrogen-bond donors (Lipinski definition) is 2. The number of nitrogens with two attached hydrogens (primary N) is 1. The molecule has 3 aromatic rings. The number of carbonyl (C=O) groups excluding carboxylic acids is 1. The third kappa shape index (κ3) is 3.44. The number of hydrogen-bond acceptors (Lipinski definition) is 5. The predicted molar refractivity (Wildman–Crippen MR) is 107 cm³/mol. The van der Waals surface area contributed by atoms with Gasteiger partial charge in [-0.05, 0) is 42.2 Å². The van der Waals surface area contributed by atoms with Gasteiger partial charge in [0.15, 0.2) is 5.65 Å². The van der Waals surface area contributed by atoms with Crippen molar-refractivity contribution in [1.29, 1.82) is 0 Å². The second-order valence-corrected chi connectivity index (χ2v) is 7.53. The fourth-order valence-electron chi connectivity index (χ4n) is 3.45. The van der Waals surface area contributed by atoms with Crippen LogP contribution in [0.1, 0.15) is 12.8 Å². The zero-order valence-corrected chi connectivity index (χ0v) is 16.1. The number of aromatic nitrogens is 3. The third-order valence-corrected chi connectivity index (χ3v) is 5.48. The lowest BCUT2D eigenvalue weighted by Crippen LogP contribution is -2.40. The Morgan fingerprint density at radius 1 is 1.19 bits per heavy atom. The van der Waals surface area contributed by atoms with Crippen LogP contribution in [-0.2, 0) is 4.79 Å². The Balaban J connectivity index is 1.72. The summed E-state index contributed by atoms with van der Waals surface area (Å²) in [6.45, 7) is 1.24. The van der Waals surface area contributed by atoms with Crippen LogP contribution in [0.2, 0.25) is 0 Å². The minimum atomic E-state index is -0.268. The molecule has 0 bridgehead atoms. The maximum Gasteiger partial charge on any atom is 0.262 e. The first-order chi connectivity index (χ1) is 13.0. The number of aromatic amines is 1. The van der Waals surface area contributed by atoms with Gasteiger partial charge in [0.2, 0.25) is 11.9 Å². The van der Waals surface area contributed by atoms with Crippen LogP contribution in [0.15, 0.2) is 45.8 Å². The molecule has 7 nitrogen and oxygen atoms in total. The predicted octanol–water partition coefficient (Wildman–Crippen LogP) is 2.45. The Kier molecular flexibility index (Phi) is 4.65. The van der Waals surface area contributed by atoms with E-state index in [1.807, 2.05) is 35.2 Å². The summed E-state index contributed by atoms with van der Waals surface area (Å²) < 4.78 is 0.971. The molecule has 138 valence electrons. The van der Waals surface area contributed by atoms with Crippen LogP contribution in [0.25, 0.3) is 22.2 Å². The molecule has 0 radical (unpaired) electrons. The Hall–Kier alpha value is -2.74. The van der Waals surface area contributed by atoms with Crippen molar-refractivity contribution in [2.75, 3.05) is 18.0 Å². The summed E-state index contributed by atoms with van der Waals surface area (Å²) >= 11 is 3.42. The first-order valence-electron chi connectivity index (χ1n) is 8.72. The number of halogens is 1. The second-order valence-electron chi connectivity index (χ2n) is 6.62. The van der Waals surface area contributed by atoms with E-state index in [9.17, 15) is 9.59 Å². The van der Waals surface area contributed by atoms with E-state index in [1.54, 1.807) is 6.20 Å². The number of pyridine rings is 1. The van der Waals surface area contributed by atoms with E-state index >= 15 is 0 Å². The zero-order valence-electron chi connectivity index (χ0n) is 14.5. The Morgan fingerprint density at radius 2 is 1.89 bits per heavy atom. The number of carbonyl (C=O) groups is 1. The topological polar surface area (TPSA) is 105 Å². The molecular formula is C19H18BrN5O2. The van der Waals surface area contributed by atoms with E-state index < -0.39 is 0 Å². The summed E-state index contributed by atoms with van der Waals surface area (Å²) in [4.78, 5) is 37.9. The molecule has 4 rings (SSSR count). The molecule has 1 amide bonds. The van der Waals surface area contributed by atoms with Gasteiger partial charge in [-0.25, -0.2) is 4.98 Å². The average molecular weight is 428 g/mol.